The van der Waals surface area contributed by atoms with Crippen LogP contribution in [0.15, 0.2) is 48.6 Å². The molecule has 0 aliphatic rings. The third-order valence-corrected chi connectivity index (χ3v) is 19.1. The molecule has 0 aromatic rings. The summed E-state index contributed by atoms with van der Waals surface area (Å²) in [5.74, 6) is -0.0509. The van der Waals surface area contributed by atoms with E-state index in [2.05, 4.69) is 55.6 Å². The molecule has 530 valence electrons. The van der Waals surface area contributed by atoms with E-state index in [1.807, 2.05) is 6.08 Å². The Morgan fingerprint density at radius 3 is 0.889 bits per heavy atom. The molecule has 3 N–H and O–H groups in total. The Kier molecular flexibility index (Phi) is 77.3. The van der Waals surface area contributed by atoms with Gasteiger partial charge in [0.15, 0.2) is 0 Å². The van der Waals surface area contributed by atoms with Gasteiger partial charge < -0.3 is 20.3 Å². The van der Waals surface area contributed by atoms with E-state index in [4.69, 9.17) is 4.74 Å². The Labute approximate surface area is 563 Å². The standard InChI is InChI=1S/C84H159NO5/c1-3-5-7-9-11-13-15-16-17-18-19-20-38-41-44-47-50-53-57-60-64-68-72-76-82(87)81(80-86)85-83(88)77-73-69-65-61-58-54-51-48-45-42-39-36-34-32-30-28-26-24-22-21-23-25-27-29-31-33-35-37-40-43-46-49-52-55-59-63-67-71-75-79-90-84(89)78-74-70-66-62-56-14-12-10-8-6-4-2/h10,12,21-22,25,27,72,76,81-82,86-87H,3-9,11,13-20,23-24,26,28-71,73-75,77-80H2,1-2H3,(H,85,88)/b12-10-,22-21-,27-25-,76-72+. The number of aliphatic hydroxyl groups is 2. The Bertz CT molecular complexity index is 1500. The van der Waals surface area contributed by atoms with Crippen molar-refractivity contribution >= 4 is 11.9 Å². The fraction of sp³-hybridized carbons (Fsp3) is 0.881. The van der Waals surface area contributed by atoms with Crippen LogP contribution in [0.1, 0.15) is 450 Å². The van der Waals surface area contributed by atoms with Gasteiger partial charge in [-0.3, -0.25) is 9.59 Å². The first-order valence-corrected chi connectivity index (χ1v) is 40.9. The van der Waals surface area contributed by atoms with Crippen molar-refractivity contribution in [2.75, 3.05) is 13.2 Å². The summed E-state index contributed by atoms with van der Waals surface area (Å²) in [4.78, 5) is 24.6. The van der Waals surface area contributed by atoms with Crippen LogP contribution in [0.25, 0.3) is 0 Å². The molecule has 0 fully saturated rings. The molecule has 0 bridgehead atoms. The van der Waals surface area contributed by atoms with Crippen molar-refractivity contribution in [3.63, 3.8) is 0 Å². The van der Waals surface area contributed by atoms with Gasteiger partial charge in [0.25, 0.3) is 0 Å². The molecule has 2 atom stereocenters. The van der Waals surface area contributed by atoms with Gasteiger partial charge >= 0.3 is 5.97 Å². The summed E-state index contributed by atoms with van der Waals surface area (Å²) in [5, 5.41) is 23.3. The van der Waals surface area contributed by atoms with Crippen LogP contribution < -0.4 is 5.32 Å². The van der Waals surface area contributed by atoms with E-state index in [1.54, 1.807) is 6.08 Å². The third kappa shape index (κ3) is 74.9. The lowest BCUT2D eigenvalue weighted by Crippen LogP contribution is -2.45. The van der Waals surface area contributed by atoms with Gasteiger partial charge in [0.2, 0.25) is 5.91 Å². The van der Waals surface area contributed by atoms with Crippen molar-refractivity contribution in [3.8, 4) is 0 Å². The van der Waals surface area contributed by atoms with Gasteiger partial charge in [-0.05, 0) is 83.5 Å². The van der Waals surface area contributed by atoms with E-state index >= 15 is 0 Å². The highest BCUT2D eigenvalue weighted by Crippen LogP contribution is 2.20. The second-order valence-corrected chi connectivity index (χ2v) is 28.1. The molecule has 0 radical (unpaired) electrons. The molecule has 0 rings (SSSR count). The second-order valence-electron chi connectivity index (χ2n) is 28.1. The molecule has 6 heteroatoms. The molecule has 0 spiro atoms. The molecular weight excluding hydrogens is 1100 g/mol. The van der Waals surface area contributed by atoms with Crippen molar-refractivity contribution in [2.45, 2.75) is 463 Å². The number of nitrogens with one attached hydrogen (secondary N) is 1. The molecule has 6 nitrogen and oxygen atoms in total. The van der Waals surface area contributed by atoms with Gasteiger partial charge in [0.1, 0.15) is 0 Å². The number of carbonyl (C=O) groups is 2. The van der Waals surface area contributed by atoms with E-state index < -0.39 is 12.1 Å². The molecule has 0 aliphatic carbocycles. The average molecular weight is 1260 g/mol. The minimum Gasteiger partial charge on any atom is -0.466 e. The Hall–Kier alpha value is -2.18. The van der Waals surface area contributed by atoms with Gasteiger partial charge in [-0.1, -0.05) is 403 Å². The quantitative estimate of drug-likeness (QED) is 0.0320. The number of hydrogen-bond acceptors (Lipinski definition) is 5. The summed E-state index contributed by atoms with van der Waals surface area (Å²) in [6.45, 7) is 4.91. The van der Waals surface area contributed by atoms with Crippen molar-refractivity contribution < 1.29 is 24.5 Å². The highest BCUT2D eigenvalue weighted by atomic mass is 16.5. The predicted octanol–water partition coefficient (Wildman–Crippen LogP) is 27.2. The third-order valence-electron chi connectivity index (χ3n) is 19.1. The number of carbonyl (C=O) groups excluding carboxylic acids is 2. The first-order valence-electron chi connectivity index (χ1n) is 40.9. The van der Waals surface area contributed by atoms with Gasteiger partial charge in [-0.15, -0.1) is 0 Å². The summed E-state index contributed by atoms with van der Waals surface area (Å²) in [5.41, 5.74) is 0. The predicted molar refractivity (Wildman–Crippen MR) is 398 cm³/mol. The zero-order valence-electron chi connectivity index (χ0n) is 60.9. The van der Waals surface area contributed by atoms with Crippen LogP contribution in [0.2, 0.25) is 0 Å². The molecule has 0 saturated heterocycles. The van der Waals surface area contributed by atoms with Gasteiger partial charge in [-0.25, -0.2) is 0 Å². The van der Waals surface area contributed by atoms with Crippen molar-refractivity contribution in [2.24, 2.45) is 0 Å². The largest absolute Gasteiger partial charge is 0.466 e. The first-order chi connectivity index (χ1) is 44.5. The Morgan fingerprint density at radius 2 is 0.567 bits per heavy atom. The Balaban J connectivity index is 3.38. The lowest BCUT2D eigenvalue weighted by molar-refractivity contribution is -0.143. The molecule has 0 saturated carbocycles. The fourth-order valence-corrected chi connectivity index (χ4v) is 12.8. The van der Waals surface area contributed by atoms with Crippen LogP contribution in [-0.4, -0.2) is 47.4 Å². The number of aliphatic hydroxyl groups excluding tert-OH is 2. The lowest BCUT2D eigenvalue weighted by atomic mass is 10.0. The number of esters is 1. The summed E-state index contributed by atoms with van der Waals surface area (Å²) in [6.07, 6.45) is 105. The smallest absolute Gasteiger partial charge is 0.305 e. The number of amides is 1. The molecule has 0 aliphatic heterocycles. The highest BCUT2D eigenvalue weighted by molar-refractivity contribution is 5.76. The van der Waals surface area contributed by atoms with E-state index in [-0.39, 0.29) is 18.5 Å². The number of ether oxygens (including phenoxy) is 1. The second kappa shape index (κ2) is 79.3. The topological polar surface area (TPSA) is 95.9 Å². The fourth-order valence-electron chi connectivity index (χ4n) is 12.8. The molecule has 2 unspecified atom stereocenters. The van der Waals surface area contributed by atoms with E-state index in [0.717, 1.165) is 51.4 Å². The molecule has 0 heterocycles. The van der Waals surface area contributed by atoms with Crippen LogP contribution >= 0.6 is 0 Å². The molecule has 0 aromatic heterocycles. The van der Waals surface area contributed by atoms with E-state index in [1.165, 1.54) is 372 Å². The maximum absolute atomic E-state index is 12.6. The number of hydrogen-bond donors (Lipinski definition) is 3. The normalized spacial score (nSPS) is 12.7. The number of unbranched alkanes of at least 4 members (excludes halogenated alkanes) is 60. The van der Waals surface area contributed by atoms with Gasteiger partial charge in [-0.2, -0.15) is 0 Å². The van der Waals surface area contributed by atoms with E-state index in [9.17, 15) is 19.8 Å². The molecule has 0 aromatic carbocycles. The average Bonchev–Trinajstić information content (AvgIpc) is 3.70. The zero-order chi connectivity index (χ0) is 64.9. The molecular formula is C84H159NO5. The zero-order valence-corrected chi connectivity index (χ0v) is 60.9. The van der Waals surface area contributed by atoms with Crippen molar-refractivity contribution in [1.29, 1.82) is 0 Å². The number of rotatable bonds is 77. The minimum atomic E-state index is -0.844. The van der Waals surface area contributed by atoms with Gasteiger partial charge in [0, 0.05) is 12.8 Å². The monoisotopic (exact) mass is 1260 g/mol. The van der Waals surface area contributed by atoms with E-state index in [0.29, 0.717) is 19.4 Å². The maximum atomic E-state index is 12.6. The van der Waals surface area contributed by atoms with Crippen LogP contribution in [0.3, 0.4) is 0 Å². The van der Waals surface area contributed by atoms with Crippen LogP contribution in [0, 0.1) is 0 Å². The van der Waals surface area contributed by atoms with Crippen molar-refractivity contribution in [3.05, 3.63) is 48.6 Å². The number of allylic oxidation sites excluding steroid dienone is 7. The summed E-state index contributed by atoms with van der Waals surface area (Å²) < 4.78 is 5.47. The highest BCUT2D eigenvalue weighted by Gasteiger charge is 2.18. The van der Waals surface area contributed by atoms with Crippen molar-refractivity contribution in [1.82, 2.24) is 5.32 Å². The SMILES string of the molecule is CCCC/C=C\CCCCCCCC(=O)OCCCCCCCCCCCCCCCCC/C=C\C/C=C\CCCCCCCCCCCCCCCCCCCC(=O)NC(CO)C(O)/C=C/CCCCCCCCCCCCCCCCCCCCCCC. The maximum Gasteiger partial charge on any atom is 0.305 e. The first kappa shape index (κ1) is 87.8. The summed E-state index contributed by atoms with van der Waals surface area (Å²) >= 11 is 0. The van der Waals surface area contributed by atoms with Crippen LogP contribution in [-0.2, 0) is 14.3 Å². The molecule has 1 amide bonds. The minimum absolute atomic E-state index is 0.00933. The lowest BCUT2D eigenvalue weighted by Gasteiger charge is -2.20. The summed E-state index contributed by atoms with van der Waals surface area (Å²) in [6, 6.07) is -0.627. The summed E-state index contributed by atoms with van der Waals surface area (Å²) in [7, 11) is 0. The van der Waals surface area contributed by atoms with Crippen LogP contribution in [0.4, 0.5) is 0 Å². The Morgan fingerprint density at radius 1 is 0.311 bits per heavy atom. The van der Waals surface area contributed by atoms with Crippen LogP contribution in [0.5, 0.6) is 0 Å². The molecule has 90 heavy (non-hydrogen) atoms. The van der Waals surface area contributed by atoms with Gasteiger partial charge in [0.05, 0.1) is 25.4 Å².